The van der Waals surface area contributed by atoms with Gasteiger partial charge < -0.3 is 4.52 Å². The number of hydrogen-bond donors (Lipinski definition) is 1. The van der Waals surface area contributed by atoms with Gasteiger partial charge in [-0.1, -0.05) is 5.16 Å². The van der Waals surface area contributed by atoms with Crippen molar-refractivity contribution in [1.29, 1.82) is 0 Å². The maximum Gasteiger partial charge on any atom is 0.328 e. The van der Waals surface area contributed by atoms with Crippen LogP contribution in [0.2, 0.25) is 0 Å². The predicted octanol–water partition coefficient (Wildman–Crippen LogP) is 1.16. The highest BCUT2D eigenvalue weighted by atomic mass is 19.1. The molecule has 6 nitrogen and oxygen atoms in total. The summed E-state index contributed by atoms with van der Waals surface area (Å²) in [6, 6.07) is 1.19. The second-order valence-corrected chi connectivity index (χ2v) is 2.96. The van der Waals surface area contributed by atoms with Crippen LogP contribution in [0.25, 0.3) is 0 Å². The van der Waals surface area contributed by atoms with Crippen molar-refractivity contribution in [3.8, 4) is 0 Å². The summed E-state index contributed by atoms with van der Waals surface area (Å²) in [4.78, 5) is 18.8. The van der Waals surface area contributed by atoms with E-state index >= 15 is 0 Å². The fourth-order valence-electron chi connectivity index (χ4n) is 1.07. The Kier molecular flexibility index (Phi) is 2.59. The summed E-state index contributed by atoms with van der Waals surface area (Å²) in [6.45, 7) is 1.60. The van der Waals surface area contributed by atoms with Crippen molar-refractivity contribution in [2.24, 2.45) is 0 Å². The number of halogens is 1. The third-order valence-corrected chi connectivity index (χ3v) is 1.77. The topological polar surface area (TPSA) is 80.9 Å². The Morgan fingerprint density at radius 2 is 2.38 bits per heavy atom. The molecule has 0 atom stereocenters. The molecule has 0 spiro atoms. The number of carbonyl (C=O) groups is 1. The lowest BCUT2D eigenvalue weighted by Crippen LogP contribution is -2.14. The zero-order valence-electron chi connectivity index (χ0n) is 8.27. The van der Waals surface area contributed by atoms with E-state index in [1.54, 1.807) is 6.92 Å². The number of anilines is 1. The fraction of sp³-hybridized carbons (Fsp3) is 0.111. The average molecular weight is 222 g/mol. The van der Waals surface area contributed by atoms with Crippen LogP contribution in [-0.2, 0) is 0 Å². The first kappa shape index (κ1) is 10.2. The van der Waals surface area contributed by atoms with Gasteiger partial charge in [0.25, 0.3) is 5.91 Å². The van der Waals surface area contributed by atoms with Gasteiger partial charge in [0.1, 0.15) is 0 Å². The number of pyridine rings is 1. The molecule has 1 N–H and O–H groups in total. The minimum Gasteiger partial charge on any atom is -0.315 e. The number of nitrogens with zero attached hydrogens (tertiary/aromatic N) is 3. The van der Waals surface area contributed by atoms with Gasteiger partial charge >= 0.3 is 6.01 Å². The Labute approximate surface area is 89.5 Å². The lowest BCUT2D eigenvalue weighted by Gasteiger charge is -2.00. The Balaban J connectivity index is 2.18. The fourth-order valence-corrected chi connectivity index (χ4v) is 1.07. The number of hydrogen-bond acceptors (Lipinski definition) is 5. The van der Waals surface area contributed by atoms with Crippen LogP contribution in [0.4, 0.5) is 10.4 Å². The molecule has 0 aliphatic heterocycles. The molecule has 2 rings (SSSR count). The smallest absolute Gasteiger partial charge is 0.315 e. The molecule has 2 aromatic rings. The van der Waals surface area contributed by atoms with E-state index in [-0.39, 0.29) is 11.6 Å². The molecule has 0 fully saturated rings. The van der Waals surface area contributed by atoms with Gasteiger partial charge in [-0.15, -0.1) is 0 Å². The standard InChI is InChI=1S/C9H7FN4O2/c1-5-12-9(16-14-5)13-8(15)6-2-3-11-4-7(6)10/h2-4H,1H3,(H,12,13,14,15). The van der Waals surface area contributed by atoms with E-state index in [0.717, 1.165) is 6.20 Å². The number of amides is 1. The van der Waals surface area contributed by atoms with Crippen molar-refractivity contribution in [1.82, 2.24) is 15.1 Å². The van der Waals surface area contributed by atoms with Crippen molar-refractivity contribution < 1.29 is 13.7 Å². The van der Waals surface area contributed by atoms with E-state index in [1.165, 1.54) is 12.3 Å². The first-order chi connectivity index (χ1) is 7.66. The molecular formula is C9H7FN4O2. The highest BCUT2D eigenvalue weighted by Crippen LogP contribution is 2.08. The van der Waals surface area contributed by atoms with E-state index in [1.807, 2.05) is 0 Å². The van der Waals surface area contributed by atoms with E-state index in [0.29, 0.717) is 5.82 Å². The van der Waals surface area contributed by atoms with Crippen LogP contribution in [0.1, 0.15) is 16.2 Å². The van der Waals surface area contributed by atoms with Gasteiger partial charge in [-0.05, 0) is 13.0 Å². The molecule has 2 aromatic heterocycles. The van der Waals surface area contributed by atoms with Crippen LogP contribution in [0.15, 0.2) is 23.0 Å². The number of carbonyl (C=O) groups excluding carboxylic acids is 1. The minimum atomic E-state index is -0.712. The molecule has 7 heteroatoms. The van der Waals surface area contributed by atoms with Crippen molar-refractivity contribution in [2.75, 3.05) is 5.32 Å². The summed E-state index contributed by atoms with van der Waals surface area (Å²) in [5.74, 6) is -0.995. The number of aromatic nitrogens is 3. The molecule has 0 bridgehead atoms. The third kappa shape index (κ3) is 2.02. The van der Waals surface area contributed by atoms with E-state index in [4.69, 9.17) is 0 Å². The van der Waals surface area contributed by atoms with Crippen LogP contribution in [-0.4, -0.2) is 21.0 Å². The summed E-state index contributed by atoms with van der Waals surface area (Å²) < 4.78 is 17.8. The van der Waals surface area contributed by atoms with Gasteiger partial charge in [0.05, 0.1) is 11.8 Å². The number of rotatable bonds is 2. The van der Waals surface area contributed by atoms with Crippen LogP contribution in [0.3, 0.4) is 0 Å². The highest BCUT2D eigenvalue weighted by Gasteiger charge is 2.14. The molecular weight excluding hydrogens is 215 g/mol. The second kappa shape index (κ2) is 4.05. The SMILES string of the molecule is Cc1noc(NC(=O)c2ccncc2F)n1. The summed E-state index contributed by atoms with van der Waals surface area (Å²) in [5.41, 5.74) is -0.133. The van der Waals surface area contributed by atoms with Gasteiger partial charge in [0.15, 0.2) is 11.6 Å². The molecule has 82 valence electrons. The van der Waals surface area contributed by atoms with Crippen LogP contribution >= 0.6 is 0 Å². The lowest BCUT2D eigenvalue weighted by atomic mass is 10.2. The zero-order chi connectivity index (χ0) is 11.5. The van der Waals surface area contributed by atoms with Crippen LogP contribution < -0.4 is 5.32 Å². The Morgan fingerprint density at radius 1 is 1.56 bits per heavy atom. The third-order valence-electron chi connectivity index (χ3n) is 1.77. The highest BCUT2D eigenvalue weighted by molar-refractivity contribution is 6.03. The van der Waals surface area contributed by atoms with Crippen molar-refractivity contribution in [2.45, 2.75) is 6.92 Å². The first-order valence-electron chi connectivity index (χ1n) is 4.38. The summed E-state index contributed by atoms with van der Waals surface area (Å²) in [7, 11) is 0. The number of nitrogens with one attached hydrogen (secondary N) is 1. The van der Waals surface area contributed by atoms with Gasteiger partial charge in [-0.2, -0.15) is 4.98 Å². The Hall–Kier alpha value is -2.31. The molecule has 0 aliphatic rings. The van der Waals surface area contributed by atoms with Crippen molar-refractivity contribution in [3.05, 3.63) is 35.7 Å². The maximum absolute atomic E-state index is 13.2. The molecule has 0 saturated carbocycles. The van der Waals surface area contributed by atoms with Crippen LogP contribution in [0, 0.1) is 12.7 Å². The van der Waals surface area contributed by atoms with Gasteiger partial charge in [-0.3, -0.25) is 15.1 Å². The summed E-state index contributed by atoms with van der Waals surface area (Å²) in [5, 5.41) is 5.75. The van der Waals surface area contributed by atoms with E-state index in [9.17, 15) is 9.18 Å². The van der Waals surface area contributed by atoms with Crippen LogP contribution in [0.5, 0.6) is 0 Å². The molecule has 0 radical (unpaired) electrons. The predicted molar refractivity (Wildman–Crippen MR) is 51.2 cm³/mol. The lowest BCUT2D eigenvalue weighted by molar-refractivity contribution is 0.101. The molecule has 1 amide bonds. The van der Waals surface area contributed by atoms with Gasteiger partial charge in [0, 0.05) is 6.20 Å². The average Bonchev–Trinajstić information content (AvgIpc) is 2.64. The molecule has 0 aromatic carbocycles. The first-order valence-corrected chi connectivity index (χ1v) is 4.38. The zero-order valence-corrected chi connectivity index (χ0v) is 8.27. The number of aryl methyl sites for hydroxylation is 1. The second-order valence-electron chi connectivity index (χ2n) is 2.96. The molecule has 16 heavy (non-hydrogen) atoms. The quantitative estimate of drug-likeness (QED) is 0.824. The van der Waals surface area contributed by atoms with Gasteiger partial charge in [-0.25, -0.2) is 4.39 Å². The van der Waals surface area contributed by atoms with E-state index < -0.39 is 11.7 Å². The minimum absolute atomic E-state index is 0.0706. The van der Waals surface area contributed by atoms with Crippen molar-refractivity contribution in [3.63, 3.8) is 0 Å². The Morgan fingerprint density at radius 3 is 3.00 bits per heavy atom. The monoisotopic (exact) mass is 222 g/mol. The largest absolute Gasteiger partial charge is 0.328 e. The molecule has 0 aliphatic carbocycles. The molecule has 2 heterocycles. The Bertz CT molecular complexity index is 526. The summed E-state index contributed by atoms with van der Waals surface area (Å²) >= 11 is 0. The maximum atomic E-state index is 13.2. The van der Waals surface area contributed by atoms with Crippen molar-refractivity contribution >= 4 is 11.9 Å². The normalized spacial score (nSPS) is 10.1. The molecule has 0 unspecified atom stereocenters. The van der Waals surface area contributed by atoms with Gasteiger partial charge in [0.2, 0.25) is 0 Å². The van der Waals surface area contributed by atoms with E-state index in [2.05, 4.69) is 25.0 Å². The molecule has 0 saturated heterocycles. The summed E-state index contributed by atoms with van der Waals surface area (Å²) in [6.07, 6.45) is 2.27.